The number of hydrogen-bond acceptors (Lipinski definition) is 5. The highest BCUT2D eigenvalue weighted by Crippen LogP contribution is 2.26. The van der Waals surface area contributed by atoms with Gasteiger partial charge in [0.25, 0.3) is 5.92 Å². The number of likely N-dealkylation sites (tertiary alicyclic amines) is 1. The Morgan fingerprint density at radius 1 is 1.22 bits per heavy atom. The molecule has 1 atom stereocenters. The molecule has 27 heavy (non-hydrogen) atoms. The average molecular weight is 382 g/mol. The van der Waals surface area contributed by atoms with Gasteiger partial charge >= 0.3 is 0 Å². The summed E-state index contributed by atoms with van der Waals surface area (Å²) in [4.78, 5) is 16.5. The van der Waals surface area contributed by atoms with Crippen molar-refractivity contribution in [3.8, 4) is 5.75 Å². The van der Waals surface area contributed by atoms with E-state index in [-0.39, 0.29) is 24.8 Å². The quantitative estimate of drug-likeness (QED) is 0.511. The number of carbonyl (C=O) groups excluding carboxylic acids is 1. The van der Waals surface area contributed by atoms with Crippen molar-refractivity contribution in [2.24, 2.45) is 0 Å². The normalized spacial score (nSPS) is 21.9. The van der Waals surface area contributed by atoms with Gasteiger partial charge in [-0.15, -0.1) is 0 Å². The van der Waals surface area contributed by atoms with Gasteiger partial charge in [-0.1, -0.05) is 0 Å². The van der Waals surface area contributed by atoms with E-state index in [4.69, 9.17) is 9.47 Å². The molecular formula is C20H28F2N2O3. The van der Waals surface area contributed by atoms with E-state index >= 15 is 0 Å². The van der Waals surface area contributed by atoms with E-state index < -0.39 is 5.92 Å². The second-order valence-corrected chi connectivity index (χ2v) is 7.30. The van der Waals surface area contributed by atoms with Crippen molar-refractivity contribution in [2.45, 2.75) is 31.7 Å². The molecule has 2 aliphatic rings. The summed E-state index contributed by atoms with van der Waals surface area (Å²) in [5.74, 6) is -1.75. The van der Waals surface area contributed by atoms with E-state index in [1.807, 2.05) is 6.92 Å². The third-order valence-corrected chi connectivity index (χ3v) is 5.25. The van der Waals surface area contributed by atoms with E-state index in [1.165, 1.54) is 0 Å². The molecule has 0 aliphatic carbocycles. The largest absolute Gasteiger partial charge is 0.494 e. The molecule has 2 heterocycles. The molecule has 0 bridgehead atoms. The Hall–Kier alpha value is -1.57. The van der Waals surface area contributed by atoms with Gasteiger partial charge in [-0.25, -0.2) is 8.78 Å². The van der Waals surface area contributed by atoms with Crippen LogP contribution in [0.3, 0.4) is 0 Å². The van der Waals surface area contributed by atoms with Gasteiger partial charge in [0.1, 0.15) is 5.75 Å². The number of hydrogen-bond donors (Lipinski definition) is 0. The molecule has 2 fully saturated rings. The van der Waals surface area contributed by atoms with Crippen molar-refractivity contribution in [3.05, 3.63) is 29.8 Å². The molecule has 0 spiro atoms. The number of carbonyl (C=O) groups is 1. The number of rotatable bonds is 8. The summed E-state index contributed by atoms with van der Waals surface area (Å²) in [6.07, 6.45) is 0.650. The van der Waals surface area contributed by atoms with Gasteiger partial charge in [-0.2, -0.15) is 0 Å². The molecule has 1 aromatic carbocycles. The summed E-state index contributed by atoms with van der Waals surface area (Å²) in [6, 6.07) is 7.00. The molecule has 2 aliphatic heterocycles. The zero-order chi connectivity index (χ0) is 19.3. The zero-order valence-corrected chi connectivity index (χ0v) is 15.8. The Morgan fingerprint density at radius 3 is 2.56 bits per heavy atom. The summed E-state index contributed by atoms with van der Waals surface area (Å²) in [5.41, 5.74) is 0.667. The van der Waals surface area contributed by atoms with Gasteiger partial charge in [0, 0.05) is 38.2 Å². The van der Waals surface area contributed by atoms with E-state index in [2.05, 4.69) is 4.90 Å². The Morgan fingerprint density at radius 2 is 1.93 bits per heavy atom. The van der Waals surface area contributed by atoms with Crippen LogP contribution in [0, 0.1) is 0 Å². The molecule has 0 radical (unpaired) electrons. The first-order chi connectivity index (χ1) is 12.9. The molecule has 5 nitrogen and oxygen atoms in total. The first kappa shape index (κ1) is 20.2. The molecule has 3 rings (SSSR count). The van der Waals surface area contributed by atoms with Crippen molar-refractivity contribution in [1.29, 1.82) is 0 Å². The van der Waals surface area contributed by atoms with Crippen LogP contribution in [0.1, 0.15) is 30.1 Å². The zero-order valence-electron chi connectivity index (χ0n) is 15.8. The molecule has 0 saturated carbocycles. The Kier molecular flexibility index (Phi) is 6.78. The van der Waals surface area contributed by atoms with E-state index in [0.717, 1.165) is 13.1 Å². The lowest BCUT2D eigenvalue weighted by atomic mass is 10.0. The van der Waals surface area contributed by atoms with Crippen LogP contribution in [-0.2, 0) is 4.74 Å². The molecule has 2 saturated heterocycles. The van der Waals surface area contributed by atoms with Crippen LogP contribution in [-0.4, -0.2) is 80.1 Å². The second-order valence-electron chi connectivity index (χ2n) is 7.30. The van der Waals surface area contributed by atoms with E-state index in [9.17, 15) is 13.6 Å². The maximum atomic E-state index is 13.1. The summed E-state index contributed by atoms with van der Waals surface area (Å²) in [7, 11) is 0. The van der Waals surface area contributed by atoms with E-state index in [1.54, 1.807) is 29.2 Å². The fourth-order valence-electron chi connectivity index (χ4n) is 3.56. The maximum Gasteiger partial charge on any atom is 0.261 e. The van der Waals surface area contributed by atoms with Gasteiger partial charge in [0.2, 0.25) is 0 Å². The fourth-order valence-corrected chi connectivity index (χ4v) is 3.56. The number of ketones is 1. The summed E-state index contributed by atoms with van der Waals surface area (Å²) < 4.78 is 37.3. The highest BCUT2D eigenvalue weighted by atomic mass is 19.3. The van der Waals surface area contributed by atoms with E-state index in [0.29, 0.717) is 50.6 Å². The minimum atomic E-state index is -2.54. The summed E-state index contributed by atoms with van der Waals surface area (Å²) >= 11 is 0. The van der Waals surface area contributed by atoms with Crippen molar-refractivity contribution in [3.63, 3.8) is 0 Å². The number of nitrogens with zero attached hydrogens (tertiary/aromatic N) is 2. The van der Waals surface area contributed by atoms with Gasteiger partial charge < -0.3 is 9.47 Å². The molecule has 0 N–H and O–H groups in total. The van der Waals surface area contributed by atoms with Crippen molar-refractivity contribution >= 4 is 5.78 Å². The number of morpholine rings is 1. The topological polar surface area (TPSA) is 42.0 Å². The Labute approximate surface area is 159 Å². The number of ether oxygens (including phenoxy) is 2. The molecule has 7 heteroatoms. The minimum absolute atomic E-state index is 0.0494. The van der Waals surface area contributed by atoms with Gasteiger partial charge in [-0.3, -0.25) is 14.6 Å². The van der Waals surface area contributed by atoms with Crippen LogP contribution in [0.2, 0.25) is 0 Å². The van der Waals surface area contributed by atoms with Crippen molar-refractivity contribution < 1.29 is 23.0 Å². The third kappa shape index (κ3) is 5.70. The SMILES string of the molecule is CC(C(=O)c1ccc(OCCCN2CCC(F)(F)C2)cc1)N1CCOCC1. The van der Waals surface area contributed by atoms with Crippen molar-refractivity contribution in [2.75, 3.05) is 52.5 Å². The minimum Gasteiger partial charge on any atom is -0.494 e. The van der Waals surface area contributed by atoms with Crippen LogP contribution >= 0.6 is 0 Å². The Bertz CT molecular complexity index is 618. The van der Waals surface area contributed by atoms with Crippen LogP contribution in [0.4, 0.5) is 8.78 Å². The lowest BCUT2D eigenvalue weighted by Crippen LogP contribution is -2.45. The van der Waals surface area contributed by atoms with Gasteiger partial charge in [-0.05, 0) is 37.6 Å². The molecule has 1 aromatic rings. The molecule has 0 aromatic heterocycles. The molecule has 1 unspecified atom stereocenters. The average Bonchev–Trinajstić information content (AvgIpc) is 3.04. The van der Waals surface area contributed by atoms with Crippen LogP contribution in [0.25, 0.3) is 0 Å². The smallest absolute Gasteiger partial charge is 0.261 e. The predicted octanol–water partition coefficient (Wildman–Crippen LogP) is 2.70. The van der Waals surface area contributed by atoms with Crippen molar-refractivity contribution in [1.82, 2.24) is 9.80 Å². The second kappa shape index (κ2) is 9.08. The first-order valence-electron chi connectivity index (χ1n) is 9.64. The summed E-state index contributed by atoms with van der Waals surface area (Å²) in [6.45, 7) is 6.20. The number of Topliss-reactive ketones (excluding diaryl/α,β-unsaturated/α-hetero) is 1. The lowest BCUT2D eigenvalue weighted by molar-refractivity contribution is 0.0118. The number of alkyl halides is 2. The first-order valence-corrected chi connectivity index (χ1v) is 9.64. The highest BCUT2D eigenvalue weighted by Gasteiger charge is 2.37. The standard InChI is InChI=1S/C20H28F2N2O3/c1-16(24-10-13-26-14-11-24)19(25)17-3-5-18(6-4-17)27-12-2-8-23-9-7-20(21,22)15-23/h3-6,16H,2,7-15H2,1H3. The predicted molar refractivity (Wildman–Crippen MR) is 98.7 cm³/mol. The lowest BCUT2D eigenvalue weighted by Gasteiger charge is -2.31. The Balaban J connectivity index is 1.41. The monoisotopic (exact) mass is 382 g/mol. The van der Waals surface area contributed by atoms with Crippen LogP contribution in [0.15, 0.2) is 24.3 Å². The maximum absolute atomic E-state index is 13.1. The molecular weight excluding hydrogens is 354 g/mol. The summed E-state index contributed by atoms with van der Waals surface area (Å²) in [5, 5.41) is 0. The van der Waals surface area contributed by atoms with Crippen LogP contribution < -0.4 is 4.74 Å². The van der Waals surface area contributed by atoms with Gasteiger partial charge in [0.15, 0.2) is 5.78 Å². The fraction of sp³-hybridized carbons (Fsp3) is 0.650. The molecule has 0 amide bonds. The highest BCUT2D eigenvalue weighted by molar-refractivity contribution is 5.99. The molecule has 150 valence electrons. The number of benzene rings is 1. The third-order valence-electron chi connectivity index (χ3n) is 5.25. The van der Waals surface area contributed by atoms with Crippen LogP contribution in [0.5, 0.6) is 5.75 Å². The van der Waals surface area contributed by atoms with Gasteiger partial charge in [0.05, 0.1) is 32.4 Å². The number of halogens is 2.